The number of rotatable bonds is 3. The summed E-state index contributed by atoms with van der Waals surface area (Å²) in [4.78, 5) is 11.5. The Labute approximate surface area is 92.6 Å². The van der Waals surface area contributed by atoms with E-state index in [9.17, 15) is 4.79 Å². The van der Waals surface area contributed by atoms with Gasteiger partial charge >= 0.3 is 0 Å². The van der Waals surface area contributed by atoms with Crippen LogP contribution < -0.4 is 0 Å². The van der Waals surface area contributed by atoms with Crippen molar-refractivity contribution in [2.75, 3.05) is 0 Å². The molecule has 3 aliphatic rings. The lowest BCUT2D eigenvalue weighted by molar-refractivity contribution is -0.122. The summed E-state index contributed by atoms with van der Waals surface area (Å²) in [7, 11) is 0. The summed E-state index contributed by atoms with van der Waals surface area (Å²) >= 11 is 0. The molecule has 0 aromatic heterocycles. The number of aldehydes is 1. The van der Waals surface area contributed by atoms with Crippen molar-refractivity contribution in [1.29, 1.82) is 0 Å². The van der Waals surface area contributed by atoms with Crippen molar-refractivity contribution in [3.8, 4) is 0 Å². The van der Waals surface area contributed by atoms with Crippen molar-refractivity contribution < 1.29 is 4.79 Å². The van der Waals surface area contributed by atoms with Crippen molar-refractivity contribution in [2.24, 2.45) is 22.7 Å². The highest BCUT2D eigenvalue weighted by Crippen LogP contribution is 2.61. The maximum atomic E-state index is 11.5. The van der Waals surface area contributed by atoms with Gasteiger partial charge in [-0.2, -0.15) is 0 Å². The van der Waals surface area contributed by atoms with Gasteiger partial charge in [-0.25, -0.2) is 0 Å². The minimum atomic E-state index is 0.109. The van der Waals surface area contributed by atoms with E-state index in [0.717, 1.165) is 11.8 Å². The zero-order valence-corrected chi connectivity index (χ0v) is 9.80. The van der Waals surface area contributed by atoms with Crippen molar-refractivity contribution in [3.63, 3.8) is 0 Å². The first-order valence-corrected chi connectivity index (χ1v) is 6.62. The Morgan fingerprint density at radius 2 is 2.13 bits per heavy atom. The third kappa shape index (κ3) is 1.38. The first-order chi connectivity index (χ1) is 7.16. The van der Waals surface area contributed by atoms with E-state index in [1.165, 1.54) is 57.7 Å². The summed E-state index contributed by atoms with van der Waals surface area (Å²) in [6, 6.07) is 0. The van der Waals surface area contributed by atoms with Crippen LogP contribution in [0.1, 0.15) is 58.3 Å². The predicted molar refractivity (Wildman–Crippen MR) is 60.5 cm³/mol. The maximum absolute atomic E-state index is 11.5. The fourth-order valence-electron chi connectivity index (χ4n) is 4.64. The molecule has 3 unspecified atom stereocenters. The van der Waals surface area contributed by atoms with Crippen LogP contribution in [0.4, 0.5) is 0 Å². The number of carbonyl (C=O) groups is 1. The molecule has 0 spiro atoms. The second kappa shape index (κ2) is 3.09. The van der Waals surface area contributed by atoms with Crippen LogP contribution in [0.2, 0.25) is 0 Å². The molecule has 0 aliphatic heterocycles. The van der Waals surface area contributed by atoms with Crippen molar-refractivity contribution >= 4 is 6.29 Å². The molecule has 3 aliphatic carbocycles. The first-order valence-electron chi connectivity index (χ1n) is 6.62. The second-order valence-corrected chi connectivity index (χ2v) is 6.77. The highest BCUT2D eigenvalue weighted by atomic mass is 16.1. The van der Waals surface area contributed by atoms with E-state index in [-0.39, 0.29) is 5.41 Å². The quantitative estimate of drug-likeness (QED) is 0.645. The largest absolute Gasteiger partial charge is 0.303 e. The Bertz CT molecular complexity index is 279. The molecule has 3 atom stereocenters. The van der Waals surface area contributed by atoms with Gasteiger partial charge in [-0.05, 0) is 55.8 Å². The molecule has 3 fully saturated rings. The monoisotopic (exact) mass is 206 g/mol. The van der Waals surface area contributed by atoms with Crippen molar-refractivity contribution in [3.05, 3.63) is 0 Å². The van der Waals surface area contributed by atoms with E-state index in [1.807, 2.05) is 0 Å². The van der Waals surface area contributed by atoms with E-state index in [1.54, 1.807) is 0 Å². The fraction of sp³-hybridized carbons (Fsp3) is 0.929. The van der Waals surface area contributed by atoms with E-state index >= 15 is 0 Å². The van der Waals surface area contributed by atoms with Gasteiger partial charge in [0.15, 0.2) is 0 Å². The molecule has 0 N–H and O–H groups in total. The summed E-state index contributed by atoms with van der Waals surface area (Å²) in [6.45, 7) is 2.40. The standard InChI is InChI=1S/C14H22O/c1-13(5-2-6-13)9-14(10-15)8-11-3-4-12(14)7-11/h10-12H,2-9H2,1H3. The molecule has 15 heavy (non-hydrogen) atoms. The number of fused-ring (bicyclic) bond motifs is 2. The topological polar surface area (TPSA) is 17.1 Å². The lowest BCUT2D eigenvalue weighted by atomic mass is 9.58. The molecule has 1 nitrogen and oxygen atoms in total. The van der Waals surface area contributed by atoms with E-state index < -0.39 is 0 Å². The summed E-state index contributed by atoms with van der Waals surface area (Å²) in [5.74, 6) is 1.64. The Morgan fingerprint density at radius 1 is 1.33 bits per heavy atom. The Morgan fingerprint density at radius 3 is 2.53 bits per heavy atom. The third-order valence-electron chi connectivity index (χ3n) is 5.57. The third-order valence-corrected chi connectivity index (χ3v) is 5.57. The molecule has 3 rings (SSSR count). The fourth-order valence-corrected chi connectivity index (χ4v) is 4.64. The molecule has 2 bridgehead atoms. The van der Waals surface area contributed by atoms with Crippen LogP contribution in [0, 0.1) is 22.7 Å². The highest BCUT2D eigenvalue weighted by molar-refractivity contribution is 5.61. The molecule has 0 heterocycles. The first kappa shape index (κ1) is 9.86. The van der Waals surface area contributed by atoms with Crippen LogP contribution >= 0.6 is 0 Å². The van der Waals surface area contributed by atoms with Gasteiger partial charge in [0.1, 0.15) is 6.29 Å². The lowest BCUT2D eigenvalue weighted by Crippen LogP contribution is -2.39. The van der Waals surface area contributed by atoms with Gasteiger partial charge in [-0.3, -0.25) is 0 Å². The maximum Gasteiger partial charge on any atom is 0.126 e. The minimum Gasteiger partial charge on any atom is -0.303 e. The summed E-state index contributed by atoms with van der Waals surface area (Å²) in [5, 5.41) is 0. The van der Waals surface area contributed by atoms with Crippen LogP contribution in [0.25, 0.3) is 0 Å². The molecule has 1 heteroatoms. The molecule has 0 saturated heterocycles. The van der Waals surface area contributed by atoms with E-state index in [2.05, 4.69) is 6.92 Å². The van der Waals surface area contributed by atoms with Gasteiger partial charge < -0.3 is 4.79 Å². The van der Waals surface area contributed by atoms with E-state index in [0.29, 0.717) is 5.41 Å². The van der Waals surface area contributed by atoms with Crippen LogP contribution in [0.3, 0.4) is 0 Å². The predicted octanol–water partition coefficient (Wildman–Crippen LogP) is 3.57. The number of hydrogen-bond donors (Lipinski definition) is 0. The highest BCUT2D eigenvalue weighted by Gasteiger charge is 2.54. The molecule has 0 radical (unpaired) electrons. The van der Waals surface area contributed by atoms with Gasteiger partial charge in [-0.15, -0.1) is 0 Å². The molecule has 84 valence electrons. The zero-order valence-electron chi connectivity index (χ0n) is 9.80. The zero-order chi connectivity index (χ0) is 10.5. The smallest absolute Gasteiger partial charge is 0.126 e. The van der Waals surface area contributed by atoms with E-state index in [4.69, 9.17) is 0 Å². The average Bonchev–Trinajstić information content (AvgIpc) is 2.75. The summed E-state index contributed by atoms with van der Waals surface area (Å²) < 4.78 is 0. The lowest BCUT2D eigenvalue weighted by Gasteiger charge is -2.46. The van der Waals surface area contributed by atoms with Gasteiger partial charge in [0.05, 0.1) is 0 Å². The van der Waals surface area contributed by atoms with Gasteiger partial charge in [0.2, 0.25) is 0 Å². The molecule has 3 saturated carbocycles. The summed E-state index contributed by atoms with van der Waals surface area (Å²) in [6.07, 6.45) is 12.0. The van der Waals surface area contributed by atoms with Crippen molar-refractivity contribution in [1.82, 2.24) is 0 Å². The Balaban J connectivity index is 1.78. The van der Waals surface area contributed by atoms with Crippen LogP contribution in [-0.4, -0.2) is 6.29 Å². The number of hydrogen-bond acceptors (Lipinski definition) is 1. The second-order valence-electron chi connectivity index (χ2n) is 6.77. The van der Waals surface area contributed by atoms with Gasteiger partial charge in [0.25, 0.3) is 0 Å². The normalized spacial score (nSPS) is 46.5. The molecule has 0 aromatic rings. The van der Waals surface area contributed by atoms with Crippen LogP contribution in [-0.2, 0) is 4.79 Å². The number of carbonyl (C=O) groups excluding carboxylic acids is 1. The van der Waals surface area contributed by atoms with Gasteiger partial charge in [0, 0.05) is 5.41 Å². The van der Waals surface area contributed by atoms with Crippen LogP contribution in [0.5, 0.6) is 0 Å². The molecule has 0 amide bonds. The Hall–Kier alpha value is -0.330. The van der Waals surface area contributed by atoms with Crippen LogP contribution in [0.15, 0.2) is 0 Å². The molecular formula is C14H22O. The Kier molecular flexibility index (Phi) is 2.03. The minimum absolute atomic E-state index is 0.109. The average molecular weight is 206 g/mol. The van der Waals surface area contributed by atoms with Gasteiger partial charge in [-0.1, -0.05) is 19.8 Å². The molecular weight excluding hydrogens is 184 g/mol. The SMILES string of the molecule is CC1(CC2(C=O)CC3CCC2C3)CCC1. The summed E-state index contributed by atoms with van der Waals surface area (Å²) in [5.41, 5.74) is 0.628. The molecule has 0 aromatic carbocycles. The van der Waals surface area contributed by atoms with Crippen molar-refractivity contribution in [2.45, 2.75) is 58.3 Å².